The van der Waals surface area contributed by atoms with Crippen LogP contribution in [0.5, 0.6) is 5.75 Å². The quantitative estimate of drug-likeness (QED) is 0.889. The number of nitrogens with zero attached hydrogens (tertiary/aromatic N) is 2. The molecule has 0 radical (unpaired) electrons. The minimum atomic E-state index is -2.87. The maximum absolute atomic E-state index is 12.4. The number of amides is 3. The van der Waals surface area contributed by atoms with E-state index in [0.29, 0.717) is 31.6 Å². The minimum absolute atomic E-state index is 0.0479. The van der Waals surface area contributed by atoms with Gasteiger partial charge in [0.05, 0.1) is 0 Å². The van der Waals surface area contributed by atoms with Crippen LogP contribution >= 0.6 is 0 Å². The van der Waals surface area contributed by atoms with Crippen LogP contribution in [0.25, 0.3) is 0 Å². The Morgan fingerprint density at radius 2 is 1.58 bits per heavy atom. The van der Waals surface area contributed by atoms with Crippen LogP contribution in [-0.4, -0.2) is 54.5 Å². The second-order valence-electron chi connectivity index (χ2n) is 6.63. The smallest absolute Gasteiger partial charge is 0.387 e. The van der Waals surface area contributed by atoms with Gasteiger partial charge in [0.1, 0.15) is 5.75 Å². The Morgan fingerprint density at radius 1 is 1.00 bits per heavy atom. The Morgan fingerprint density at radius 3 is 2.15 bits per heavy atom. The number of piperidine rings is 1. The lowest BCUT2D eigenvalue weighted by atomic mass is 9.96. The predicted octanol–water partition coefficient (Wildman–Crippen LogP) is 3.15. The van der Waals surface area contributed by atoms with Crippen LogP contribution in [0.1, 0.15) is 25.7 Å². The molecule has 2 heterocycles. The molecule has 142 valence electrons. The molecule has 0 saturated carbocycles. The van der Waals surface area contributed by atoms with E-state index in [9.17, 15) is 18.4 Å². The van der Waals surface area contributed by atoms with Gasteiger partial charge in [-0.2, -0.15) is 8.78 Å². The maximum atomic E-state index is 12.4. The number of halogens is 2. The molecule has 6 nitrogen and oxygen atoms in total. The second-order valence-corrected chi connectivity index (χ2v) is 6.63. The van der Waals surface area contributed by atoms with E-state index in [1.165, 1.54) is 24.3 Å². The molecule has 3 rings (SSSR count). The van der Waals surface area contributed by atoms with Gasteiger partial charge in [-0.1, -0.05) is 0 Å². The summed E-state index contributed by atoms with van der Waals surface area (Å²) in [5.74, 6) is -0.220. The zero-order chi connectivity index (χ0) is 18.5. The second kappa shape index (κ2) is 8.33. The highest BCUT2D eigenvalue weighted by Gasteiger charge is 2.30. The van der Waals surface area contributed by atoms with E-state index in [1.54, 1.807) is 0 Å². The monoisotopic (exact) mass is 367 g/mol. The molecule has 3 amide bonds. The average molecular weight is 367 g/mol. The Kier molecular flexibility index (Phi) is 5.90. The Labute approximate surface area is 151 Å². The molecule has 0 spiro atoms. The van der Waals surface area contributed by atoms with Crippen molar-refractivity contribution in [1.29, 1.82) is 0 Å². The van der Waals surface area contributed by atoms with Crippen molar-refractivity contribution in [2.75, 3.05) is 31.5 Å². The molecule has 0 unspecified atom stereocenters. The zero-order valence-electron chi connectivity index (χ0n) is 14.5. The van der Waals surface area contributed by atoms with Gasteiger partial charge in [0.2, 0.25) is 5.91 Å². The molecular formula is C18H23F2N3O3. The summed E-state index contributed by atoms with van der Waals surface area (Å²) in [7, 11) is 0. The minimum Gasteiger partial charge on any atom is -0.435 e. The molecule has 1 aromatic rings. The highest BCUT2D eigenvalue weighted by atomic mass is 19.3. The fourth-order valence-corrected chi connectivity index (χ4v) is 3.41. The molecule has 2 saturated heterocycles. The molecule has 0 aromatic heterocycles. The van der Waals surface area contributed by atoms with Gasteiger partial charge in [0.15, 0.2) is 0 Å². The number of hydrogen-bond acceptors (Lipinski definition) is 3. The van der Waals surface area contributed by atoms with Crippen LogP contribution in [-0.2, 0) is 4.79 Å². The van der Waals surface area contributed by atoms with Crippen molar-refractivity contribution < 1.29 is 23.1 Å². The molecule has 1 N–H and O–H groups in total. The number of nitrogens with one attached hydrogen (secondary N) is 1. The number of carbonyl (C=O) groups excluding carboxylic acids is 2. The van der Waals surface area contributed by atoms with Gasteiger partial charge in [-0.05, 0) is 49.9 Å². The van der Waals surface area contributed by atoms with Crippen LogP contribution in [0.2, 0.25) is 0 Å². The van der Waals surface area contributed by atoms with Crippen LogP contribution in [0.15, 0.2) is 24.3 Å². The van der Waals surface area contributed by atoms with Crippen molar-refractivity contribution in [3.05, 3.63) is 24.3 Å². The highest BCUT2D eigenvalue weighted by molar-refractivity contribution is 5.92. The van der Waals surface area contributed by atoms with E-state index in [0.717, 1.165) is 25.9 Å². The van der Waals surface area contributed by atoms with Crippen LogP contribution in [0.3, 0.4) is 0 Å². The first-order valence-corrected chi connectivity index (χ1v) is 8.92. The number of likely N-dealkylation sites (tertiary alicyclic amines) is 2. The Balaban J connectivity index is 1.46. The van der Waals surface area contributed by atoms with E-state index in [2.05, 4.69) is 10.1 Å². The number of ether oxygens (including phenoxy) is 1. The van der Waals surface area contributed by atoms with E-state index >= 15 is 0 Å². The lowest BCUT2D eigenvalue weighted by Gasteiger charge is -2.34. The van der Waals surface area contributed by atoms with Gasteiger partial charge in [-0.15, -0.1) is 0 Å². The van der Waals surface area contributed by atoms with Gasteiger partial charge < -0.3 is 19.9 Å². The third-order valence-electron chi connectivity index (χ3n) is 4.86. The molecule has 2 fully saturated rings. The summed E-state index contributed by atoms with van der Waals surface area (Å²) in [4.78, 5) is 28.5. The summed E-state index contributed by atoms with van der Waals surface area (Å²) in [5.41, 5.74) is 0.534. The van der Waals surface area contributed by atoms with Gasteiger partial charge in [-0.25, -0.2) is 4.79 Å². The summed E-state index contributed by atoms with van der Waals surface area (Å²) in [5, 5.41) is 2.80. The van der Waals surface area contributed by atoms with Crippen molar-refractivity contribution in [2.45, 2.75) is 32.3 Å². The maximum Gasteiger partial charge on any atom is 0.387 e. The van der Waals surface area contributed by atoms with Gasteiger partial charge in [-0.3, -0.25) is 4.79 Å². The van der Waals surface area contributed by atoms with Gasteiger partial charge >= 0.3 is 12.6 Å². The Bertz CT molecular complexity index is 625. The summed E-state index contributed by atoms with van der Waals surface area (Å²) in [6.45, 7) is -0.0676. The number of urea groups is 1. The van der Waals surface area contributed by atoms with Crippen LogP contribution in [0, 0.1) is 5.92 Å². The normalized spacial score (nSPS) is 18.3. The first kappa shape index (κ1) is 18.4. The predicted molar refractivity (Wildman–Crippen MR) is 92.2 cm³/mol. The number of carbonyl (C=O) groups is 2. The van der Waals surface area contributed by atoms with Gasteiger partial charge in [0, 0.05) is 37.8 Å². The summed E-state index contributed by atoms with van der Waals surface area (Å²) in [6, 6.07) is 5.91. The molecule has 8 heteroatoms. The van der Waals surface area contributed by atoms with Gasteiger partial charge in [0.25, 0.3) is 0 Å². The first-order chi connectivity index (χ1) is 12.5. The number of hydrogen-bond donors (Lipinski definition) is 1. The molecule has 1 aromatic carbocycles. The first-order valence-electron chi connectivity index (χ1n) is 8.92. The third kappa shape index (κ3) is 4.62. The molecule has 26 heavy (non-hydrogen) atoms. The number of anilines is 1. The fraction of sp³-hybridized carbons (Fsp3) is 0.556. The van der Waals surface area contributed by atoms with Crippen molar-refractivity contribution in [2.24, 2.45) is 5.92 Å². The molecule has 0 bridgehead atoms. The van der Waals surface area contributed by atoms with Crippen LogP contribution in [0.4, 0.5) is 19.3 Å². The highest BCUT2D eigenvalue weighted by Crippen LogP contribution is 2.23. The summed E-state index contributed by atoms with van der Waals surface area (Å²) >= 11 is 0. The Hall–Kier alpha value is -2.38. The lowest BCUT2D eigenvalue weighted by molar-refractivity contribution is -0.121. The third-order valence-corrected chi connectivity index (χ3v) is 4.86. The lowest BCUT2D eigenvalue weighted by Crippen LogP contribution is -2.47. The van der Waals surface area contributed by atoms with E-state index in [4.69, 9.17) is 0 Å². The number of alkyl halides is 2. The fourth-order valence-electron chi connectivity index (χ4n) is 3.41. The van der Waals surface area contributed by atoms with E-state index < -0.39 is 6.61 Å². The van der Waals surface area contributed by atoms with Crippen molar-refractivity contribution in [1.82, 2.24) is 9.80 Å². The van der Waals surface area contributed by atoms with Crippen molar-refractivity contribution in [3.8, 4) is 5.75 Å². The summed E-state index contributed by atoms with van der Waals surface area (Å²) in [6.07, 6.45) is 3.37. The van der Waals surface area contributed by atoms with Crippen molar-refractivity contribution in [3.63, 3.8) is 0 Å². The average Bonchev–Trinajstić information content (AvgIpc) is 3.17. The standard InChI is InChI=1S/C18H23F2N3O3/c19-17(20)26-15-5-3-14(4-6-15)21-16(24)13-7-11-23(12-8-13)18(25)22-9-1-2-10-22/h3-6,13,17H,1-2,7-12H2,(H,21,24). The van der Waals surface area contributed by atoms with Crippen molar-refractivity contribution >= 4 is 17.6 Å². The molecule has 2 aliphatic heterocycles. The zero-order valence-corrected chi connectivity index (χ0v) is 14.5. The molecular weight excluding hydrogens is 344 g/mol. The topological polar surface area (TPSA) is 61.9 Å². The molecule has 0 aliphatic carbocycles. The molecule has 0 atom stereocenters. The number of benzene rings is 1. The van der Waals surface area contributed by atoms with Crippen LogP contribution < -0.4 is 10.1 Å². The van der Waals surface area contributed by atoms with E-state index in [-0.39, 0.29) is 23.6 Å². The van der Waals surface area contributed by atoms with E-state index in [1.807, 2.05) is 9.80 Å². The molecule has 2 aliphatic rings. The number of rotatable bonds is 4. The summed E-state index contributed by atoms with van der Waals surface area (Å²) < 4.78 is 28.6. The SMILES string of the molecule is O=C(Nc1ccc(OC(F)F)cc1)C1CCN(C(=O)N2CCCC2)CC1. The largest absolute Gasteiger partial charge is 0.435 e.